The molecule has 1 aromatic carbocycles. The quantitative estimate of drug-likeness (QED) is 0.776. The second kappa shape index (κ2) is 6.09. The lowest BCUT2D eigenvalue weighted by molar-refractivity contribution is 0.481. The van der Waals surface area contributed by atoms with Crippen molar-refractivity contribution >= 4 is 8.38 Å². The molecule has 0 aromatic heterocycles. The molecule has 1 N–H and O–H groups in total. The number of para-hydroxylation sites is 1. The van der Waals surface area contributed by atoms with Gasteiger partial charge in [0.2, 0.25) is 8.38 Å². The third kappa shape index (κ3) is 3.48. The molecule has 0 fully saturated rings. The van der Waals surface area contributed by atoms with Gasteiger partial charge in [0.1, 0.15) is 5.75 Å². The molecule has 0 saturated heterocycles. The lowest BCUT2D eigenvalue weighted by atomic mass is 10.1. The molecule has 0 spiro atoms. The first-order valence-corrected chi connectivity index (χ1v) is 6.81. The van der Waals surface area contributed by atoms with Gasteiger partial charge in [-0.3, -0.25) is 0 Å². The predicted molar refractivity (Wildman–Crippen MR) is 65.5 cm³/mol. The Morgan fingerprint density at radius 2 is 2.07 bits per heavy atom. The van der Waals surface area contributed by atoms with Crippen LogP contribution in [-0.2, 0) is 6.42 Å². The summed E-state index contributed by atoms with van der Waals surface area (Å²) < 4.78 is 5.60. The van der Waals surface area contributed by atoms with Gasteiger partial charge in [0.15, 0.2) is 0 Å². The zero-order valence-electron chi connectivity index (χ0n) is 9.66. The van der Waals surface area contributed by atoms with Gasteiger partial charge in [-0.25, -0.2) is 0 Å². The standard InChI is InChI=1S/C12H19O2P/c1-4-7-11-9-6-8-10(3)12(11)14-15(13)5-2/h6,8-9,13H,4-5,7H2,1-3H3. The van der Waals surface area contributed by atoms with Crippen LogP contribution in [0.4, 0.5) is 0 Å². The van der Waals surface area contributed by atoms with Gasteiger partial charge >= 0.3 is 0 Å². The van der Waals surface area contributed by atoms with Crippen molar-refractivity contribution in [3.8, 4) is 5.75 Å². The molecule has 0 amide bonds. The predicted octanol–water partition coefficient (Wildman–Crippen LogP) is 3.65. The van der Waals surface area contributed by atoms with Crippen molar-refractivity contribution < 1.29 is 9.42 Å². The molecule has 0 bridgehead atoms. The fourth-order valence-corrected chi connectivity index (χ4v) is 2.08. The van der Waals surface area contributed by atoms with E-state index in [9.17, 15) is 4.89 Å². The van der Waals surface area contributed by atoms with Crippen molar-refractivity contribution in [2.75, 3.05) is 6.16 Å². The first-order valence-electron chi connectivity index (χ1n) is 5.41. The molecule has 0 aliphatic rings. The largest absolute Gasteiger partial charge is 0.447 e. The molecule has 1 rings (SSSR count). The van der Waals surface area contributed by atoms with Gasteiger partial charge in [-0.1, -0.05) is 38.5 Å². The van der Waals surface area contributed by atoms with E-state index in [-0.39, 0.29) is 0 Å². The Kier molecular flexibility index (Phi) is 5.07. The van der Waals surface area contributed by atoms with Crippen molar-refractivity contribution in [1.29, 1.82) is 0 Å². The van der Waals surface area contributed by atoms with Gasteiger partial charge in [-0.15, -0.1) is 0 Å². The molecule has 0 aliphatic carbocycles. The zero-order valence-corrected chi connectivity index (χ0v) is 10.6. The Balaban J connectivity index is 2.91. The van der Waals surface area contributed by atoms with Crippen molar-refractivity contribution in [3.05, 3.63) is 29.3 Å². The van der Waals surface area contributed by atoms with Crippen LogP contribution >= 0.6 is 8.38 Å². The average molecular weight is 226 g/mol. The smallest absolute Gasteiger partial charge is 0.227 e. The highest BCUT2D eigenvalue weighted by Gasteiger charge is 2.10. The first-order chi connectivity index (χ1) is 7.19. The van der Waals surface area contributed by atoms with Gasteiger partial charge in [0, 0.05) is 6.16 Å². The summed E-state index contributed by atoms with van der Waals surface area (Å²) in [6, 6.07) is 6.14. The Bertz CT molecular complexity index is 312. The fourth-order valence-electron chi connectivity index (χ4n) is 1.48. The van der Waals surface area contributed by atoms with Crippen LogP contribution in [0.25, 0.3) is 0 Å². The van der Waals surface area contributed by atoms with Crippen LogP contribution in [-0.4, -0.2) is 11.1 Å². The van der Waals surface area contributed by atoms with Crippen LogP contribution in [0, 0.1) is 6.92 Å². The number of hydrogen-bond donors (Lipinski definition) is 1. The maximum atomic E-state index is 9.57. The van der Waals surface area contributed by atoms with Crippen LogP contribution in [0.15, 0.2) is 18.2 Å². The summed E-state index contributed by atoms with van der Waals surface area (Å²) in [5.74, 6) is 0.884. The van der Waals surface area contributed by atoms with Gasteiger partial charge in [-0.05, 0) is 24.5 Å². The third-order valence-corrected chi connectivity index (χ3v) is 3.21. The highest BCUT2D eigenvalue weighted by Crippen LogP contribution is 2.37. The van der Waals surface area contributed by atoms with E-state index in [1.165, 1.54) is 5.56 Å². The van der Waals surface area contributed by atoms with Crippen molar-refractivity contribution in [2.45, 2.75) is 33.6 Å². The molecule has 1 atom stereocenters. The maximum Gasteiger partial charge on any atom is 0.227 e. The van der Waals surface area contributed by atoms with E-state index in [0.717, 1.165) is 24.2 Å². The van der Waals surface area contributed by atoms with E-state index in [2.05, 4.69) is 13.0 Å². The summed E-state index contributed by atoms with van der Waals surface area (Å²) >= 11 is 0. The lowest BCUT2D eigenvalue weighted by Gasteiger charge is -2.16. The molecule has 84 valence electrons. The van der Waals surface area contributed by atoms with E-state index in [0.29, 0.717) is 6.16 Å². The van der Waals surface area contributed by atoms with Crippen molar-refractivity contribution in [1.82, 2.24) is 0 Å². The summed E-state index contributed by atoms with van der Waals surface area (Å²) in [6.07, 6.45) is 2.77. The molecule has 3 heteroatoms. The summed E-state index contributed by atoms with van der Waals surface area (Å²) in [7, 11) is -1.30. The minimum absolute atomic E-state index is 0.676. The summed E-state index contributed by atoms with van der Waals surface area (Å²) in [5.41, 5.74) is 2.31. The summed E-state index contributed by atoms with van der Waals surface area (Å²) in [6.45, 7) is 6.10. The Labute approximate surface area is 93.2 Å². The maximum absolute atomic E-state index is 9.57. The van der Waals surface area contributed by atoms with Gasteiger partial charge in [-0.2, -0.15) is 0 Å². The van der Waals surface area contributed by atoms with E-state index in [4.69, 9.17) is 4.52 Å². The number of hydrogen-bond acceptors (Lipinski definition) is 2. The molecule has 0 aliphatic heterocycles. The molecule has 15 heavy (non-hydrogen) atoms. The van der Waals surface area contributed by atoms with Gasteiger partial charge in [0.25, 0.3) is 0 Å². The topological polar surface area (TPSA) is 29.5 Å². The lowest BCUT2D eigenvalue weighted by Crippen LogP contribution is -1.96. The molecule has 0 radical (unpaired) electrons. The molecular formula is C12H19O2P. The molecule has 1 unspecified atom stereocenters. The van der Waals surface area contributed by atoms with Gasteiger partial charge < -0.3 is 9.42 Å². The van der Waals surface area contributed by atoms with E-state index >= 15 is 0 Å². The minimum atomic E-state index is -1.30. The fraction of sp³-hybridized carbons (Fsp3) is 0.500. The van der Waals surface area contributed by atoms with Crippen LogP contribution in [0.3, 0.4) is 0 Å². The minimum Gasteiger partial charge on any atom is -0.447 e. The molecular weight excluding hydrogens is 207 g/mol. The van der Waals surface area contributed by atoms with Crippen LogP contribution < -0.4 is 4.52 Å². The number of benzene rings is 1. The molecule has 0 heterocycles. The van der Waals surface area contributed by atoms with Gasteiger partial charge in [0.05, 0.1) is 0 Å². The first kappa shape index (κ1) is 12.5. The summed E-state index contributed by atoms with van der Waals surface area (Å²) in [5, 5.41) is 0. The van der Waals surface area contributed by atoms with Crippen LogP contribution in [0.2, 0.25) is 0 Å². The van der Waals surface area contributed by atoms with E-state index < -0.39 is 8.38 Å². The Morgan fingerprint density at radius 3 is 2.67 bits per heavy atom. The molecule has 2 nitrogen and oxygen atoms in total. The van der Waals surface area contributed by atoms with E-state index in [1.54, 1.807) is 0 Å². The third-order valence-electron chi connectivity index (χ3n) is 2.28. The summed E-state index contributed by atoms with van der Waals surface area (Å²) in [4.78, 5) is 9.57. The van der Waals surface area contributed by atoms with Crippen LogP contribution in [0.5, 0.6) is 5.75 Å². The zero-order chi connectivity index (χ0) is 11.3. The van der Waals surface area contributed by atoms with E-state index in [1.807, 2.05) is 26.0 Å². The second-order valence-corrected chi connectivity index (χ2v) is 5.09. The number of aryl methyl sites for hydroxylation is 2. The van der Waals surface area contributed by atoms with Crippen LogP contribution in [0.1, 0.15) is 31.4 Å². The number of rotatable bonds is 5. The normalized spacial score (nSPS) is 12.5. The Hall–Kier alpha value is -0.590. The van der Waals surface area contributed by atoms with Crippen molar-refractivity contribution in [2.24, 2.45) is 0 Å². The second-order valence-electron chi connectivity index (χ2n) is 3.57. The molecule has 0 saturated carbocycles. The highest BCUT2D eigenvalue weighted by molar-refractivity contribution is 7.46. The highest BCUT2D eigenvalue weighted by atomic mass is 31.2. The van der Waals surface area contributed by atoms with Crippen molar-refractivity contribution in [3.63, 3.8) is 0 Å². The SMILES string of the molecule is CCCc1cccc(C)c1OP(O)CC. The monoisotopic (exact) mass is 226 g/mol. The molecule has 1 aromatic rings. The Morgan fingerprint density at radius 1 is 1.33 bits per heavy atom. The average Bonchev–Trinajstić information content (AvgIpc) is 2.23.